The van der Waals surface area contributed by atoms with Gasteiger partial charge >= 0.3 is 6.09 Å². The van der Waals surface area contributed by atoms with E-state index in [0.29, 0.717) is 43.2 Å². The first-order chi connectivity index (χ1) is 12.8. The van der Waals surface area contributed by atoms with Gasteiger partial charge in [0.1, 0.15) is 22.6 Å². The Morgan fingerprint density at radius 1 is 1.04 bits per heavy atom. The molecular formula is C20H25N3O4. The monoisotopic (exact) mass is 371 g/mol. The van der Waals surface area contributed by atoms with E-state index in [-0.39, 0.29) is 12.0 Å². The molecule has 0 bridgehead atoms. The molecule has 1 aliphatic heterocycles. The summed E-state index contributed by atoms with van der Waals surface area (Å²) in [5.41, 5.74) is 1.33. The molecule has 144 valence electrons. The van der Waals surface area contributed by atoms with Gasteiger partial charge in [-0.15, -0.1) is 0 Å². The molecule has 0 saturated carbocycles. The van der Waals surface area contributed by atoms with Crippen LogP contribution in [0.15, 0.2) is 34.9 Å². The minimum Gasteiger partial charge on any atom is -0.444 e. The summed E-state index contributed by atoms with van der Waals surface area (Å²) in [5.74, 6) is 0.366. The lowest BCUT2D eigenvalue weighted by molar-refractivity contribution is 0.0140. The normalized spacial score (nSPS) is 15.0. The number of aromatic nitrogens is 1. The maximum Gasteiger partial charge on any atom is 0.410 e. The number of benzene rings is 1. The molecule has 2 amide bonds. The molecule has 2 heterocycles. The van der Waals surface area contributed by atoms with Gasteiger partial charge in [0.25, 0.3) is 5.91 Å². The molecule has 1 aromatic carbocycles. The molecule has 0 radical (unpaired) electrons. The molecule has 0 atom stereocenters. The fourth-order valence-electron chi connectivity index (χ4n) is 2.99. The lowest BCUT2D eigenvalue weighted by Gasteiger charge is -2.35. The van der Waals surface area contributed by atoms with Gasteiger partial charge in [-0.25, -0.2) is 4.79 Å². The Labute approximate surface area is 158 Å². The number of rotatable bonds is 2. The maximum absolute atomic E-state index is 13.1. The molecule has 0 N–H and O–H groups in total. The Morgan fingerprint density at radius 3 is 2.22 bits per heavy atom. The first-order valence-electron chi connectivity index (χ1n) is 9.05. The summed E-state index contributed by atoms with van der Waals surface area (Å²) in [6, 6.07) is 9.50. The molecule has 3 rings (SSSR count). The van der Waals surface area contributed by atoms with Crippen LogP contribution in [0.4, 0.5) is 4.79 Å². The van der Waals surface area contributed by atoms with Gasteiger partial charge in [-0.3, -0.25) is 4.79 Å². The molecule has 0 unspecified atom stereocenters. The Morgan fingerprint density at radius 2 is 1.63 bits per heavy atom. The summed E-state index contributed by atoms with van der Waals surface area (Å²) in [6.45, 7) is 9.01. The van der Waals surface area contributed by atoms with Crippen molar-refractivity contribution in [3.8, 4) is 11.3 Å². The van der Waals surface area contributed by atoms with Crippen LogP contribution in [-0.2, 0) is 4.74 Å². The summed E-state index contributed by atoms with van der Waals surface area (Å²) < 4.78 is 10.7. The number of nitrogens with zero attached hydrogens (tertiary/aromatic N) is 3. The molecule has 1 aliphatic rings. The molecule has 2 aromatic rings. The third-order valence-corrected chi connectivity index (χ3v) is 4.34. The van der Waals surface area contributed by atoms with Crippen molar-refractivity contribution >= 4 is 12.0 Å². The van der Waals surface area contributed by atoms with Gasteiger partial charge in [0, 0.05) is 31.7 Å². The van der Waals surface area contributed by atoms with Gasteiger partial charge in [0.2, 0.25) is 0 Å². The van der Waals surface area contributed by atoms with Crippen molar-refractivity contribution in [1.29, 1.82) is 0 Å². The van der Waals surface area contributed by atoms with Crippen LogP contribution in [0.1, 0.15) is 36.9 Å². The number of ether oxygens (including phenoxy) is 1. The van der Waals surface area contributed by atoms with Crippen molar-refractivity contribution in [3.63, 3.8) is 0 Å². The fraction of sp³-hybridized carbons (Fsp3) is 0.450. The Bertz CT molecular complexity index is 815. The standard InChI is InChI=1S/C20H25N3O4/c1-14-16(17(21-27-14)15-8-6-5-7-9-15)18(24)22-10-12-23(13-11-22)19(25)26-20(2,3)4/h5-9H,10-13H2,1-4H3. The summed E-state index contributed by atoms with van der Waals surface area (Å²) in [5, 5.41) is 4.08. The largest absolute Gasteiger partial charge is 0.444 e. The van der Waals surface area contributed by atoms with Crippen LogP contribution in [0.3, 0.4) is 0 Å². The van der Waals surface area contributed by atoms with Crippen LogP contribution in [0.2, 0.25) is 0 Å². The van der Waals surface area contributed by atoms with Gasteiger partial charge in [-0.1, -0.05) is 35.5 Å². The first kappa shape index (κ1) is 18.9. The molecule has 0 spiro atoms. The smallest absolute Gasteiger partial charge is 0.410 e. The van der Waals surface area contributed by atoms with Gasteiger partial charge < -0.3 is 19.1 Å². The highest BCUT2D eigenvalue weighted by molar-refractivity contribution is 6.00. The topological polar surface area (TPSA) is 75.9 Å². The predicted molar refractivity (Wildman–Crippen MR) is 100 cm³/mol. The minimum absolute atomic E-state index is 0.128. The lowest BCUT2D eigenvalue weighted by atomic mass is 10.0. The zero-order valence-corrected chi connectivity index (χ0v) is 16.2. The summed E-state index contributed by atoms with van der Waals surface area (Å²) in [6.07, 6.45) is -0.347. The van der Waals surface area contributed by atoms with Crippen molar-refractivity contribution in [2.75, 3.05) is 26.2 Å². The second-order valence-corrected chi connectivity index (χ2v) is 7.59. The third-order valence-electron chi connectivity index (χ3n) is 4.34. The van der Waals surface area contributed by atoms with E-state index in [1.807, 2.05) is 51.1 Å². The van der Waals surface area contributed by atoms with Crippen molar-refractivity contribution < 1.29 is 18.8 Å². The van der Waals surface area contributed by atoms with Gasteiger partial charge in [-0.05, 0) is 27.7 Å². The number of carbonyl (C=O) groups is 2. The van der Waals surface area contributed by atoms with Crippen LogP contribution in [0.5, 0.6) is 0 Å². The number of hydrogen-bond donors (Lipinski definition) is 0. The minimum atomic E-state index is -0.534. The SMILES string of the molecule is Cc1onc(-c2ccccc2)c1C(=O)N1CCN(C(=O)OC(C)(C)C)CC1. The molecule has 1 aromatic heterocycles. The molecule has 0 aliphatic carbocycles. The highest BCUT2D eigenvalue weighted by Gasteiger charge is 2.31. The third kappa shape index (κ3) is 4.30. The summed E-state index contributed by atoms with van der Waals surface area (Å²) >= 11 is 0. The molecule has 1 fully saturated rings. The lowest BCUT2D eigenvalue weighted by Crippen LogP contribution is -2.51. The Hall–Kier alpha value is -2.83. The average molecular weight is 371 g/mol. The maximum atomic E-state index is 13.1. The number of carbonyl (C=O) groups excluding carboxylic acids is 2. The number of amides is 2. The van der Waals surface area contributed by atoms with E-state index in [4.69, 9.17) is 9.26 Å². The van der Waals surface area contributed by atoms with Crippen LogP contribution in [0, 0.1) is 6.92 Å². The van der Waals surface area contributed by atoms with Gasteiger partial charge in [0.15, 0.2) is 0 Å². The van der Waals surface area contributed by atoms with E-state index in [0.717, 1.165) is 5.56 Å². The van der Waals surface area contributed by atoms with E-state index in [1.54, 1.807) is 16.7 Å². The number of piperazine rings is 1. The molecule has 7 nitrogen and oxygen atoms in total. The van der Waals surface area contributed by atoms with Gasteiger partial charge in [0.05, 0.1) is 0 Å². The highest BCUT2D eigenvalue weighted by atomic mass is 16.6. The predicted octanol–water partition coefficient (Wildman–Crippen LogP) is 3.34. The van der Waals surface area contributed by atoms with Gasteiger partial charge in [-0.2, -0.15) is 0 Å². The van der Waals surface area contributed by atoms with Crippen LogP contribution in [-0.4, -0.2) is 58.7 Å². The summed E-state index contributed by atoms with van der Waals surface area (Å²) in [4.78, 5) is 28.6. The van der Waals surface area contributed by atoms with Crippen molar-refractivity contribution in [3.05, 3.63) is 41.7 Å². The zero-order valence-electron chi connectivity index (χ0n) is 16.2. The average Bonchev–Trinajstić information content (AvgIpc) is 3.02. The van der Waals surface area contributed by atoms with E-state index >= 15 is 0 Å². The van der Waals surface area contributed by atoms with Crippen LogP contribution >= 0.6 is 0 Å². The van der Waals surface area contributed by atoms with E-state index in [2.05, 4.69) is 5.16 Å². The molecular weight excluding hydrogens is 346 g/mol. The van der Waals surface area contributed by atoms with E-state index in [9.17, 15) is 9.59 Å². The van der Waals surface area contributed by atoms with Crippen LogP contribution in [0.25, 0.3) is 11.3 Å². The number of hydrogen-bond acceptors (Lipinski definition) is 5. The Balaban J connectivity index is 1.71. The Kier molecular flexibility index (Phi) is 5.21. The van der Waals surface area contributed by atoms with Crippen molar-refractivity contribution in [1.82, 2.24) is 15.0 Å². The van der Waals surface area contributed by atoms with E-state index in [1.165, 1.54) is 0 Å². The quantitative estimate of drug-likeness (QED) is 0.809. The molecule has 7 heteroatoms. The second kappa shape index (κ2) is 7.42. The first-order valence-corrected chi connectivity index (χ1v) is 9.05. The number of aryl methyl sites for hydroxylation is 1. The highest BCUT2D eigenvalue weighted by Crippen LogP contribution is 2.26. The van der Waals surface area contributed by atoms with Crippen LogP contribution < -0.4 is 0 Å². The second-order valence-electron chi connectivity index (χ2n) is 7.59. The molecule has 1 saturated heterocycles. The van der Waals surface area contributed by atoms with E-state index < -0.39 is 5.60 Å². The van der Waals surface area contributed by atoms with Crippen molar-refractivity contribution in [2.24, 2.45) is 0 Å². The summed E-state index contributed by atoms with van der Waals surface area (Å²) in [7, 11) is 0. The van der Waals surface area contributed by atoms with Crippen molar-refractivity contribution in [2.45, 2.75) is 33.3 Å². The molecule has 27 heavy (non-hydrogen) atoms. The fourth-order valence-corrected chi connectivity index (χ4v) is 2.99. The zero-order chi connectivity index (χ0) is 19.6.